The van der Waals surface area contributed by atoms with Gasteiger partial charge in [0.15, 0.2) is 0 Å². The Hall–Kier alpha value is -0.280. The maximum Gasteiger partial charge on any atom is 0.0594 e. The van der Waals surface area contributed by atoms with E-state index < -0.39 is 0 Å². The molecule has 0 aromatic heterocycles. The smallest absolute Gasteiger partial charge is 0.0594 e. The largest absolute Gasteiger partial charge is 0.383 e. The molecule has 3 fully saturated rings. The lowest BCUT2D eigenvalue weighted by molar-refractivity contribution is 0.0307. The molecule has 176 valence electrons. The van der Waals surface area contributed by atoms with Crippen LogP contribution in [0.3, 0.4) is 0 Å². The number of piperazine rings is 2. The number of likely N-dealkylation sites (tertiary alicyclic amines) is 2. The Kier molecular flexibility index (Phi) is 9.82. The molecule has 2 atom stereocenters. The average molecular weight is 427 g/mol. The zero-order valence-corrected chi connectivity index (χ0v) is 20.0. The summed E-state index contributed by atoms with van der Waals surface area (Å²) in [6, 6.07) is 1.45. The summed E-state index contributed by atoms with van der Waals surface area (Å²) < 4.78 is 17.0. The molecule has 0 unspecified atom stereocenters. The molecule has 7 heteroatoms. The monoisotopic (exact) mass is 426 g/mol. The molecule has 0 N–H and O–H groups in total. The minimum atomic E-state index is 0.263. The first-order chi connectivity index (χ1) is 14.4. The third-order valence-electron chi connectivity index (χ3n) is 6.68. The Labute approximate surface area is 184 Å². The van der Waals surface area contributed by atoms with E-state index in [-0.39, 0.29) is 5.41 Å². The summed E-state index contributed by atoms with van der Waals surface area (Å²) in [6.45, 7) is 22.3. The first kappa shape index (κ1) is 24.4. The van der Waals surface area contributed by atoms with E-state index in [9.17, 15) is 0 Å². The lowest BCUT2D eigenvalue weighted by Crippen LogP contribution is -2.48. The Morgan fingerprint density at radius 2 is 1.20 bits per heavy atom. The van der Waals surface area contributed by atoms with Gasteiger partial charge < -0.3 is 14.2 Å². The van der Waals surface area contributed by atoms with Crippen LogP contribution in [-0.4, -0.2) is 137 Å². The van der Waals surface area contributed by atoms with E-state index in [1.165, 1.54) is 19.5 Å². The van der Waals surface area contributed by atoms with Gasteiger partial charge in [-0.1, -0.05) is 20.8 Å². The number of rotatable bonds is 13. The van der Waals surface area contributed by atoms with E-state index in [2.05, 4.69) is 40.4 Å². The van der Waals surface area contributed by atoms with Gasteiger partial charge >= 0.3 is 0 Å². The van der Waals surface area contributed by atoms with Crippen LogP contribution >= 0.6 is 0 Å². The lowest BCUT2D eigenvalue weighted by Gasteiger charge is -2.35. The molecular formula is C23H46N4O3. The van der Waals surface area contributed by atoms with Crippen molar-refractivity contribution < 1.29 is 14.2 Å². The summed E-state index contributed by atoms with van der Waals surface area (Å²) >= 11 is 0. The second-order valence-electron chi connectivity index (χ2n) is 10.4. The molecule has 30 heavy (non-hydrogen) atoms. The van der Waals surface area contributed by atoms with Gasteiger partial charge in [0.1, 0.15) is 0 Å². The van der Waals surface area contributed by atoms with Crippen LogP contribution in [0, 0.1) is 5.41 Å². The number of ether oxygens (including phenoxy) is 3. The minimum Gasteiger partial charge on any atom is -0.383 e. The number of fused-ring (bicyclic) bond motifs is 2. The van der Waals surface area contributed by atoms with Gasteiger partial charge in [-0.05, 0) is 11.8 Å². The molecule has 0 aliphatic carbocycles. The lowest BCUT2D eigenvalue weighted by atomic mass is 9.99. The fourth-order valence-electron chi connectivity index (χ4n) is 4.87. The van der Waals surface area contributed by atoms with Crippen LogP contribution in [0.4, 0.5) is 0 Å². The van der Waals surface area contributed by atoms with E-state index in [1.54, 1.807) is 7.11 Å². The van der Waals surface area contributed by atoms with Crippen molar-refractivity contribution in [3.05, 3.63) is 0 Å². The van der Waals surface area contributed by atoms with Gasteiger partial charge in [0.05, 0.1) is 33.0 Å². The van der Waals surface area contributed by atoms with Gasteiger partial charge in [-0.25, -0.2) is 0 Å². The van der Waals surface area contributed by atoms with Crippen molar-refractivity contribution in [1.82, 2.24) is 19.6 Å². The molecule has 0 saturated carbocycles. The summed E-state index contributed by atoms with van der Waals surface area (Å²) in [5.41, 5.74) is 0.263. The van der Waals surface area contributed by atoms with Crippen molar-refractivity contribution in [2.45, 2.75) is 39.3 Å². The highest BCUT2D eigenvalue weighted by Crippen LogP contribution is 2.30. The van der Waals surface area contributed by atoms with Crippen LogP contribution < -0.4 is 0 Å². The van der Waals surface area contributed by atoms with Crippen molar-refractivity contribution in [2.75, 3.05) is 106 Å². The van der Waals surface area contributed by atoms with E-state index in [0.717, 1.165) is 97.5 Å². The minimum absolute atomic E-state index is 0.263. The van der Waals surface area contributed by atoms with Gasteiger partial charge in [0, 0.05) is 84.6 Å². The van der Waals surface area contributed by atoms with Crippen molar-refractivity contribution in [3.63, 3.8) is 0 Å². The van der Waals surface area contributed by atoms with E-state index >= 15 is 0 Å². The van der Waals surface area contributed by atoms with Gasteiger partial charge in [-0.2, -0.15) is 0 Å². The van der Waals surface area contributed by atoms with Gasteiger partial charge in [0.2, 0.25) is 0 Å². The quantitative estimate of drug-likeness (QED) is 0.408. The molecule has 0 radical (unpaired) electrons. The summed E-state index contributed by atoms with van der Waals surface area (Å²) in [7, 11) is 1.78. The normalized spacial score (nSPS) is 26.8. The van der Waals surface area contributed by atoms with E-state index in [4.69, 9.17) is 14.2 Å². The third-order valence-corrected chi connectivity index (χ3v) is 6.68. The van der Waals surface area contributed by atoms with Gasteiger partial charge in [-0.15, -0.1) is 0 Å². The molecule has 0 aromatic rings. The van der Waals surface area contributed by atoms with Crippen LogP contribution in [0.15, 0.2) is 0 Å². The average Bonchev–Trinajstić information content (AvgIpc) is 3.30. The van der Waals surface area contributed by atoms with Crippen LogP contribution in [0.2, 0.25) is 0 Å². The highest BCUT2D eigenvalue weighted by molar-refractivity contribution is 4.99. The Morgan fingerprint density at radius 3 is 1.70 bits per heavy atom. The van der Waals surface area contributed by atoms with Crippen LogP contribution in [0.25, 0.3) is 0 Å². The molecule has 3 aliphatic heterocycles. The SMILES string of the molecule is COCCN1CCN(CCOCCN2C[C@@H]3C[C@H]2CN3CCOCC(C)(C)C)CC1. The van der Waals surface area contributed by atoms with Crippen molar-refractivity contribution in [1.29, 1.82) is 0 Å². The van der Waals surface area contributed by atoms with Gasteiger partial charge in [0.25, 0.3) is 0 Å². The summed E-state index contributed by atoms with van der Waals surface area (Å²) in [4.78, 5) is 10.3. The summed E-state index contributed by atoms with van der Waals surface area (Å²) in [5, 5.41) is 0. The molecular weight excluding hydrogens is 380 g/mol. The number of nitrogens with zero attached hydrogens (tertiary/aromatic N) is 4. The zero-order valence-electron chi connectivity index (χ0n) is 20.0. The topological polar surface area (TPSA) is 40.7 Å². The number of methoxy groups -OCH3 is 1. The predicted molar refractivity (Wildman–Crippen MR) is 121 cm³/mol. The molecule has 0 spiro atoms. The van der Waals surface area contributed by atoms with Gasteiger partial charge in [-0.3, -0.25) is 19.6 Å². The fourth-order valence-corrected chi connectivity index (χ4v) is 4.87. The van der Waals surface area contributed by atoms with Crippen molar-refractivity contribution in [3.8, 4) is 0 Å². The second kappa shape index (κ2) is 12.1. The molecule has 0 aromatic carbocycles. The molecule has 7 nitrogen and oxygen atoms in total. The zero-order chi connectivity index (χ0) is 21.4. The standard InChI is InChI=1S/C23H46N4O3/c1-23(2,3)20-30-16-12-27-19-21-17-22(27)18-26(21)11-15-29-14-10-25-7-5-24(6-8-25)9-13-28-4/h21-22H,5-20H2,1-4H3/t21-,22-/m0/s1. The molecule has 2 bridgehead atoms. The Balaban J connectivity index is 1.18. The number of hydrogen-bond donors (Lipinski definition) is 0. The maximum atomic E-state index is 5.99. The highest BCUT2D eigenvalue weighted by atomic mass is 16.5. The Morgan fingerprint density at radius 1 is 0.700 bits per heavy atom. The second-order valence-corrected chi connectivity index (χ2v) is 10.4. The first-order valence-corrected chi connectivity index (χ1v) is 12.0. The van der Waals surface area contributed by atoms with Crippen molar-refractivity contribution in [2.24, 2.45) is 5.41 Å². The molecule has 3 rings (SSSR count). The van der Waals surface area contributed by atoms with Crippen molar-refractivity contribution >= 4 is 0 Å². The highest BCUT2D eigenvalue weighted by Gasteiger charge is 2.42. The molecule has 3 saturated heterocycles. The van der Waals surface area contributed by atoms with E-state index in [0.29, 0.717) is 0 Å². The predicted octanol–water partition coefficient (Wildman–Crippen LogP) is 1.09. The summed E-state index contributed by atoms with van der Waals surface area (Å²) in [6.07, 6.45) is 1.33. The van der Waals surface area contributed by atoms with Crippen LogP contribution in [-0.2, 0) is 14.2 Å². The first-order valence-electron chi connectivity index (χ1n) is 12.0. The fraction of sp³-hybridized carbons (Fsp3) is 1.00. The molecule has 3 heterocycles. The van der Waals surface area contributed by atoms with E-state index in [1.807, 2.05) is 0 Å². The van der Waals surface area contributed by atoms with Crippen LogP contribution in [0.5, 0.6) is 0 Å². The Bertz CT molecular complexity index is 480. The molecule has 0 amide bonds. The molecule has 3 aliphatic rings. The summed E-state index contributed by atoms with van der Waals surface area (Å²) in [5.74, 6) is 0. The maximum absolute atomic E-state index is 5.99. The third kappa shape index (κ3) is 8.01. The number of hydrogen-bond acceptors (Lipinski definition) is 7. The van der Waals surface area contributed by atoms with Crippen LogP contribution in [0.1, 0.15) is 27.2 Å².